The van der Waals surface area contributed by atoms with Crippen molar-refractivity contribution in [1.82, 2.24) is 15.5 Å². The molecule has 1 aliphatic carbocycles. The first kappa shape index (κ1) is 41.1. The number of ketones is 2. The zero-order chi connectivity index (χ0) is 37.3. The Morgan fingerprint density at radius 3 is 2.25 bits per heavy atom. The number of nitrogens with two attached hydrogens (primary N) is 3. The first-order valence-electron chi connectivity index (χ1n) is 19.6. The molecule has 1 unspecified atom stereocenters. The molecule has 2 amide bonds. The number of carbonyl (C=O) groups excluding carboxylic acids is 4. The number of Topliss-reactive ketones (excluding diaryl/α,β-unsaturated/α-hetero) is 2. The summed E-state index contributed by atoms with van der Waals surface area (Å²) in [5.74, 6) is -1.72. The van der Waals surface area contributed by atoms with Crippen LogP contribution in [-0.4, -0.2) is 85.7 Å². The van der Waals surface area contributed by atoms with Crippen molar-refractivity contribution < 1.29 is 19.2 Å². The van der Waals surface area contributed by atoms with Gasteiger partial charge in [-0.05, 0) is 101 Å². The fourth-order valence-corrected chi connectivity index (χ4v) is 7.87. The van der Waals surface area contributed by atoms with E-state index >= 15 is 0 Å². The lowest BCUT2D eigenvalue weighted by Gasteiger charge is -2.32. The third-order valence-corrected chi connectivity index (χ3v) is 10.9. The van der Waals surface area contributed by atoms with E-state index < -0.39 is 30.1 Å². The monoisotopic (exact) mass is 717 g/mol. The zero-order valence-electron chi connectivity index (χ0n) is 31.2. The van der Waals surface area contributed by atoms with E-state index in [-0.39, 0.29) is 29.8 Å². The van der Waals surface area contributed by atoms with Gasteiger partial charge in [-0.3, -0.25) is 19.2 Å². The molecule has 2 fully saturated rings. The van der Waals surface area contributed by atoms with E-state index in [9.17, 15) is 19.2 Å². The van der Waals surface area contributed by atoms with Crippen molar-refractivity contribution in [2.24, 2.45) is 29.0 Å². The molecule has 1 aliphatic heterocycles. The van der Waals surface area contributed by atoms with Crippen LogP contribution in [-0.2, 0) is 32.0 Å². The summed E-state index contributed by atoms with van der Waals surface area (Å²) < 4.78 is 0. The maximum atomic E-state index is 14.7. The average molecular weight is 718 g/mol. The number of likely N-dealkylation sites (N-methyl/N-ethyl adjacent to an activating group) is 1. The molecule has 2 aromatic carbocycles. The Morgan fingerprint density at radius 1 is 0.827 bits per heavy atom. The zero-order valence-corrected chi connectivity index (χ0v) is 31.2. The SMILES string of the molecule is CN[C@@H](Cc1ccccc1)C(=O)N[C@@H](CCCCN)C(=O)N1CCC[C@H]1C(=O)C(Cc1ccccc1NCCCN)C(=O)[C@H](N)CC1CCCCC1. The standard InChI is InChI=1S/C41H63N7O4/c1-45-36(27-30-16-6-3-7-17-30)40(51)47-35(20-10-11-22-42)41(52)48-25-12-21-37(48)39(50)32(38(49)33(44)26-29-14-4-2-5-15-29)28-31-18-8-9-19-34(31)46-24-13-23-43/h3,6-9,16-19,29,32-33,35-37,45-46H,2,4-5,10-15,20-28,42-44H2,1H3,(H,47,51)/t32?,33-,35+,36+,37+/m1/s1. The molecule has 5 atom stereocenters. The second-order valence-electron chi connectivity index (χ2n) is 14.7. The number of anilines is 1. The number of unbranched alkanes of at least 4 members (excludes halogenated alkanes) is 1. The highest BCUT2D eigenvalue weighted by Crippen LogP contribution is 2.31. The van der Waals surface area contributed by atoms with Crippen molar-refractivity contribution in [3.05, 3.63) is 65.7 Å². The molecule has 1 saturated heterocycles. The first-order chi connectivity index (χ1) is 25.3. The Labute approximate surface area is 310 Å². The van der Waals surface area contributed by atoms with Crippen molar-refractivity contribution in [1.29, 1.82) is 0 Å². The Morgan fingerprint density at radius 2 is 1.54 bits per heavy atom. The normalized spacial score (nSPS) is 18.7. The molecule has 4 rings (SSSR count). The molecule has 0 radical (unpaired) electrons. The van der Waals surface area contributed by atoms with Gasteiger partial charge in [0, 0.05) is 18.8 Å². The third kappa shape index (κ3) is 11.9. The summed E-state index contributed by atoms with van der Waals surface area (Å²) in [4.78, 5) is 58.6. The lowest BCUT2D eigenvalue weighted by molar-refractivity contribution is -0.144. The van der Waals surface area contributed by atoms with Crippen molar-refractivity contribution in [2.75, 3.05) is 38.5 Å². The van der Waals surface area contributed by atoms with E-state index in [1.807, 2.05) is 54.6 Å². The number of nitrogens with one attached hydrogen (secondary N) is 3. The molecule has 0 aromatic heterocycles. The van der Waals surface area contributed by atoms with E-state index in [0.29, 0.717) is 77.0 Å². The third-order valence-electron chi connectivity index (χ3n) is 10.9. The molecule has 2 aliphatic rings. The number of benzene rings is 2. The average Bonchev–Trinajstić information content (AvgIpc) is 3.66. The van der Waals surface area contributed by atoms with Gasteiger partial charge in [0.05, 0.1) is 24.0 Å². The van der Waals surface area contributed by atoms with Crippen LogP contribution in [0.25, 0.3) is 0 Å². The molecule has 0 bridgehead atoms. The van der Waals surface area contributed by atoms with Crippen molar-refractivity contribution in [3.8, 4) is 0 Å². The molecule has 9 N–H and O–H groups in total. The van der Waals surface area contributed by atoms with Gasteiger partial charge in [0.2, 0.25) is 11.8 Å². The number of nitrogens with zero attached hydrogens (tertiary/aromatic N) is 1. The summed E-state index contributed by atoms with van der Waals surface area (Å²) in [5, 5.41) is 9.54. The number of likely N-dealkylation sites (tertiary alicyclic amines) is 1. The number of hydrogen-bond donors (Lipinski definition) is 6. The van der Waals surface area contributed by atoms with Crippen LogP contribution in [0.5, 0.6) is 0 Å². The molecule has 2 aromatic rings. The van der Waals surface area contributed by atoms with Gasteiger partial charge >= 0.3 is 0 Å². The lowest BCUT2D eigenvalue weighted by Crippen LogP contribution is -2.56. The van der Waals surface area contributed by atoms with Gasteiger partial charge in [-0.2, -0.15) is 0 Å². The van der Waals surface area contributed by atoms with E-state index in [0.717, 1.165) is 48.9 Å². The Balaban J connectivity index is 1.57. The number of para-hydroxylation sites is 1. The van der Waals surface area contributed by atoms with Crippen molar-refractivity contribution in [3.63, 3.8) is 0 Å². The highest BCUT2D eigenvalue weighted by Gasteiger charge is 2.43. The van der Waals surface area contributed by atoms with E-state index in [2.05, 4.69) is 16.0 Å². The van der Waals surface area contributed by atoms with E-state index in [1.165, 1.54) is 6.42 Å². The summed E-state index contributed by atoms with van der Waals surface area (Å²) in [6.45, 7) is 2.07. The van der Waals surface area contributed by atoms with Gasteiger partial charge in [0.25, 0.3) is 0 Å². The van der Waals surface area contributed by atoms with Crippen LogP contribution in [0.15, 0.2) is 54.6 Å². The maximum absolute atomic E-state index is 14.7. The number of hydrogen-bond acceptors (Lipinski definition) is 9. The molecule has 1 saturated carbocycles. The van der Waals surface area contributed by atoms with Gasteiger partial charge in [0.1, 0.15) is 6.04 Å². The molecule has 11 nitrogen and oxygen atoms in total. The van der Waals surface area contributed by atoms with Crippen LogP contribution in [0.3, 0.4) is 0 Å². The first-order valence-corrected chi connectivity index (χ1v) is 19.6. The quantitative estimate of drug-likeness (QED) is 0.0784. The lowest BCUT2D eigenvalue weighted by atomic mass is 9.79. The summed E-state index contributed by atoms with van der Waals surface area (Å²) in [5.41, 5.74) is 20.9. The van der Waals surface area contributed by atoms with Crippen LogP contribution < -0.4 is 33.2 Å². The van der Waals surface area contributed by atoms with Crippen LogP contribution in [0.1, 0.15) is 88.2 Å². The molecule has 0 spiro atoms. The number of carbonyl (C=O) groups is 4. The number of rotatable bonds is 22. The van der Waals surface area contributed by atoms with Crippen molar-refractivity contribution >= 4 is 29.1 Å². The van der Waals surface area contributed by atoms with Crippen LogP contribution in [0, 0.1) is 11.8 Å². The minimum absolute atomic E-state index is 0.195. The highest BCUT2D eigenvalue weighted by molar-refractivity contribution is 6.08. The minimum Gasteiger partial charge on any atom is -0.385 e. The van der Waals surface area contributed by atoms with Gasteiger partial charge in [-0.25, -0.2) is 0 Å². The van der Waals surface area contributed by atoms with Gasteiger partial charge in [0.15, 0.2) is 11.6 Å². The maximum Gasteiger partial charge on any atom is 0.245 e. The van der Waals surface area contributed by atoms with Crippen LogP contribution in [0.4, 0.5) is 5.69 Å². The molecular weight excluding hydrogens is 654 g/mol. The predicted octanol–water partition coefficient (Wildman–Crippen LogP) is 3.48. The topological polar surface area (TPSA) is 186 Å². The van der Waals surface area contributed by atoms with Crippen molar-refractivity contribution in [2.45, 2.75) is 114 Å². The predicted molar refractivity (Wildman–Crippen MR) is 208 cm³/mol. The molecule has 286 valence electrons. The second-order valence-corrected chi connectivity index (χ2v) is 14.7. The number of amides is 2. The molecule has 11 heteroatoms. The summed E-state index contributed by atoms with van der Waals surface area (Å²) in [7, 11) is 1.73. The smallest absolute Gasteiger partial charge is 0.245 e. The summed E-state index contributed by atoms with van der Waals surface area (Å²) in [6, 6.07) is 14.6. The van der Waals surface area contributed by atoms with Gasteiger partial charge in [-0.15, -0.1) is 0 Å². The Kier molecular flexibility index (Phi) is 17.2. The Hall–Kier alpha value is -3.64. The fourth-order valence-electron chi connectivity index (χ4n) is 7.87. The highest BCUT2D eigenvalue weighted by atomic mass is 16.2. The van der Waals surface area contributed by atoms with Gasteiger partial charge in [-0.1, -0.05) is 80.6 Å². The largest absolute Gasteiger partial charge is 0.385 e. The molecule has 1 heterocycles. The van der Waals surface area contributed by atoms with Gasteiger partial charge < -0.3 is 38.1 Å². The molecular formula is C41H63N7O4. The Bertz CT molecular complexity index is 1420. The molecule has 52 heavy (non-hydrogen) atoms. The fraction of sp³-hybridized carbons (Fsp3) is 0.610. The van der Waals surface area contributed by atoms with Crippen LogP contribution in [0.2, 0.25) is 0 Å². The van der Waals surface area contributed by atoms with E-state index in [4.69, 9.17) is 17.2 Å². The summed E-state index contributed by atoms with van der Waals surface area (Å²) in [6.07, 6.45) is 10.4. The minimum atomic E-state index is -1.00. The van der Waals surface area contributed by atoms with Crippen LogP contribution >= 0.6 is 0 Å². The second kappa shape index (κ2) is 21.8. The summed E-state index contributed by atoms with van der Waals surface area (Å²) >= 11 is 0. The van der Waals surface area contributed by atoms with E-state index in [1.54, 1.807) is 11.9 Å².